The minimum Gasteiger partial charge on any atom is -0.496 e. The third-order valence-electron chi connectivity index (χ3n) is 12.7. The van der Waals surface area contributed by atoms with Crippen LogP contribution in [0, 0.1) is 58.1 Å². The van der Waals surface area contributed by atoms with E-state index in [-0.39, 0.29) is 17.4 Å². The van der Waals surface area contributed by atoms with Crippen molar-refractivity contribution in [2.75, 3.05) is 14.2 Å². The van der Waals surface area contributed by atoms with Crippen LogP contribution in [-0.2, 0) is 22.0 Å². The van der Waals surface area contributed by atoms with Gasteiger partial charge in [-0.25, -0.2) is 8.78 Å². The number of pyridine rings is 2. The second-order valence-electron chi connectivity index (χ2n) is 19.9. The number of carbonyl (C=O) groups is 1. The Bertz CT molecular complexity index is 1980. The van der Waals surface area contributed by atoms with Gasteiger partial charge in [0.1, 0.15) is 28.9 Å². The molecule has 2 aliphatic carbocycles. The Kier molecular flexibility index (Phi) is 18.7. The van der Waals surface area contributed by atoms with E-state index in [2.05, 4.69) is 56.9 Å². The highest BCUT2D eigenvalue weighted by molar-refractivity contribution is 5.80. The lowest BCUT2D eigenvalue weighted by atomic mass is 9.69. The number of Topliss-reactive ketones (excluding diaryl/α,β-unsaturated/α-hetero) is 1. The first-order chi connectivity index (χ1) is 29.2. The number of halogens is 2. The largest absolute Gasteiger partial charge is 0.496 e. The van der Waals surface area contributed by atoms with Gasteiger partial charge in [0.15, 0.2) is 0 Å². The molecule has 0 bridgehead atoms. The molecule has 0 spiro atoms. The first kappa shape index (κ1) is 50.5. The molecule has 6 rings (SSSR count). The molecule has 2 aliphatic rings. The SMILES string of the molecule is COc1ccc(F)cc1C(C)(C)CC(=O)CC1CCCCC1.COc1ccc(F)cc1C(C)(C)CC(O)(Cc1cc(C)cc(C)n1)CC1CCCCC1.Cc1cc(C)nc(C)c1. The lowest BCUT2D eigenvalue weighted by Crippen LogP contribution is -2.41. The summed E-state index contributed by atoms with van der Waals surface area (Å²) in [5, 5.41) is 12.1. The highest BCUT2D eigenvalue weighted by atomic mass is 19.1. The van der Waals surface area contributed by atoms with Crippen molar-refractivity contribution in [3.63, 3.8) is 0 Å². The van der Waals surface area contributed by atoms with Gasteiger partial charge in [-0.3, -0.25) is 14.8 Å². The molecule has 62 heavy (non-hydrogen) atoms. The van der Waals surface area contributed by atoms with Crippen molar-refractivity contribution in [3.05, 3.63) is 117 Å². The minimum atomic E-state index is -0.921. The van der Waals surface area contributed by atoms with Gasteiger partial charge >= 0.3 is 0 Å². The van der Waals surface area contributed by atoms with Gasteiger partial charge < -0.3 is 14.6 Å². The minimum absolute atomic E-state index is 0.281. The molecule has 2 heterocycles. The molecule has 4 aromatic rings. The molecule has 1 atom stereocenters. The average Bonchev–Trinajstić information content (AvgIpc) is 3.17. The fourth-order valence-electron chi connectivity index (χ4n) is 10.2. The molecular formula is C54H76F2N2O4. The van der Waals surface area contributed by atoms with Crippen LogP contribution in [0.5, 0.6) is 11.5 Å². The number of ketones is 1. The monoisotopic (exact) mass is 855 g/mol. The molecule has 0 saturated heterocycles. The van der Waals surface area contributed by atoms with E-state index in [9.17, 15) is 18.7 Å². The van der Waals surface area contributed by atoms with Crippen molar-refractivity contribution in [2.24, 2.45) is 11.8 Å². The van der Waals surface area contributed by atoms with Gasteiger partial charge in [0.05, 0.1) is 19.8 Å². The number of aryl methyl sites for hydroxylation is 5. The maximum Gasteiger partial charge on any atom is 0.134 e. The molecule has 2 saturated carbocycles. The third-order valence-corrected chi connectivity index (χ3v) is 12.7. The van der Waals surface area contributed by atoms with Crippen molar-refractivity contribution >= 4 is 5.78 Å². The maximum absolute atomic E-state index is 14.1. The van der Waals surface area contributed by atoms with E-state index in [0.29, 0.717) is 49.0 Å². The predicted octanol–water partition coefficient (Wildman–Crippen LogP) is 13.5. The molecule has 6 nitrogen and oxygen atoms in total. The summed E-state index contributed by atoms with van der Waals surface area (Å²) in [6.45, 7) is 18.3. The summed E-state index contributed by atoms with van der Waals surface area (Å²) in [5.41, 5.74) is 6.33. The maximum atomic E-state index is 14.1. The second kappa shape index (κ2) is 23.0. The summed E-state index contributed by atoms with van der Waals surface area (Å²) in [5.74, 6) is 2.09. The molecule has 0 amide bonds. The van der Waals surface area contributed by atoms with Gasteiger partial charge in [-0.05, 0) is 137 Å². The van der Waals surface area contributed by atoms with Gasteiger partial charge in [-0.15, -0.1) is 0 Å². The quantitative estimate of drug-likeness (QED) is 0.136. The summed E-state index contributed by atoms with van der Waals surface area (Å²) in [4.78, 5) is 21.4. The molecule has 1 N–H and O–H groups in total. The van der Waals surface area contributed by atoms with Crippen molar-refractivity contribution in [1.82, 2.24) is 9.97 Å². The van der Waals surface area contributed by atoms with E-state index in [1.165, 1.54) is 88.0 Å². The van der Waals surface area contributed by atoms with E-state index >= 15 is 0 Å². The number of aliphatic hydroxyl groups is 1. The summed E-state index contributed by atoms with van der Waals surface area (Å²) < 4.78 is 38.6. The fourth-order valence-corrected chi connectivity index (χ4v) is 10.2. The number of rotatable bonds is 14. The van der Waals surface area contributed by atoms with Crippen LogP contribution >= 0.6 is 0 Å². The Morgan fingerprint density at radius 3 is 1.56 bits per heavy atom. The molecule has 340 valence electrons. The lowest BCUT2D eigenvalue weighted by molar-refractivity contribution is -0.121. The Labute approximate surface area is 372 Å². The van der Waals surface area contributed by atoms with E-state index in [4.69, 9.17) is 14.5 Å². The highest BCUT2D eigenvalue weighted by Gasteiger charge is 2.39. The van der Waals surface area contributed by atoms with E-state index in [1.807, 2.05) is 34.6 Å². The van der Waals surface area contributed by atoms with E-state index in [0.717, 1.165) is 45.9 Å². The number of hydrogen-bond donors (Lipinski definition) is 1. The number of methoxy groups -OCH3 is 2. The first-order valence-corrected chi connectivity index (χ1v) is 23.0. The zero-order valence-corrected chi connectivity index (χ0v) is 39.9. The van der Waals surface area contributed by atoms with E-state index < -0.39 is 16.4 Å². The first-order valence-electron chi connectivity index (χ1n) is 23.0. The van der Waals surface area contributed by atoms with Gasteiger partial charge in [0.2, 0.25) is 0 Å². The van der Waals surface area contributed by atoms with Crippen LogP contribution in [0.3, 0.4) is 0 Å². The lowest BCUT2D eigenvalue weighted by Gasteiger charge is -2.40. The number of aromatic nitrogens is 2. The Morgan fingerprint density at radius 2 is 1.10 bits per heavy atom. The van der Waals surface area contributed by atoms with E-state index in [1.54, 1.807) is 32.4 Å². The highest BCUT2D eigenvalue weighted by Crippen LogP contribution is 2.43. The zero-order chi connectivity index (χ0) is 45.7. The smallest absolute Gasteiger partial charge is 0.134 e. The Morgan fingerprint density at radius 1 is 0.645 bits per heavy atom. The van der Waals surface area contributed by atoms with Crippen LogP contribution in [0.1, 0.15) is 163 Å². The number of hydrogen-bond acceptors (Lipinski definition) is 6. The molecule has 0 radical (unpaired) electrons. The average molecular weight is 855 g/mol. The van der Waals surface area contributed by atoms with Crippen molar-refractivity contribution in [1.29, 1.82) is 0 Å². The van der Waals surface area contributed by atoms with Crippen molar-refractivity contribution < 1.29 is 28.2 Å². The second-order valence-corrected chi connectivity index (χ2v) is 19.9. The normalized spacial score (nSPS) is 16.0. The molecule has 2 fully saturated rings. The van der Waals surface area contributed by atoms with Crippen LogP contribution in [0.4, 0.5) is 8.78 Å². The third kappa shape index (κ3) is 15.9. The van der Waals surface area contributed by atoms with Gasteiger partial charge in [0.25, 0.3) is 0 Å². The zero-order valence-electron chi connectivity index (χ0n) is 39.9. The molecular weight excluding hydrogens is 779 g/mol. The predicted molar refractivity (Wildman–Crippen MR) is 249 cm³/mol. The number of carbonyl (C=O) groups excluding carboxylic acids is 1. The summed E-state index contributed by atoms with van der Waals surface area (Å²) >= 11 is 0. The molecule has 8 heteroatoms. The number of benzene rings is 2. The number of nitrogens with zero attached hydrogens (tertiary/aromatic N) is 2. The van der Waals surface area contributed by atoms with Crippen LogP contribution in [0.25, 0.3) is 0 Å². The van der Waals surface area contributed by atoms with Crippen LogP contribution < -0.4 is 9.47 Å². The van der Waals surface area contributed by atoms with Crippen LogP contribution in [0.15, 0.2) is 60.7 Å². The molecule has 0 aliphatic heterocycles. The van der Waals surface area contributed by atoms with Crippen LogP contribution in [0.2, 0.25) is 0 Å². The molecule has 1 unspecified atom stereocenters. The topological polar surface area (TPSA) is 81.5 Å². The Balaban J connectivity index is 0.000000235. The Hall–Kier alpha value is -4.17. The molecule has 2 aromatic heterocycles. The molecule has 2 aromatic carbocycles. The van der Waals surface area contributed by atoms with Crippen molar-refractivity contribution in [3.8, 4) is 11.5 Å². The summed E-state index contributed by atoms with van der Waals surface area (Å²) in [6, 6.07) is 17.5. The van der Waals surface area contributed by atoms with Gasteiger partial charge in [-0.2, -0.15) is 0 Å². The summed E-state index contributed by atoms with van der Waals surface area (Å²) in [7, 11) is 3.19. The van der Waals surface area contributed by atoms with Crippen molar-refractivity contribution in [2.45, 2.75) is 175 Å². The van der Waals surface area contributed by atoms with Gasteiger partial charge in [-0.1, -0.05) is 91.9 Å². The fraction of sp³-hybridized carbons (Fsp3) is 0.574. The summed E-state index contributed by atoms with van der Waals surface area (Å²) in [6.07, 6.45) is 15.1. The standard InChI is InChI=1S/C27H38FNO2.C19H27FO2.C8H11N/c1-19-13-20(2)29-23(14-19)17-27(30,16-21-9-7-6-8-10-21)18-26(3,4)24-15-22(28)11-12-25(24)31-5;1-19(2,17-12-15(20)9-10-18(17)22-3)13-16(21)11-14-7-5-4-6-8-14;1-6-4-7(2)9-8(3)5-6/h11-15,21,30H,6-10,16-18H2,1-5H3;9-10,12,14H,4-8,11,13H2,1-3H3;4-5H,1-3H3. The number of ether oxygens (including phenoxy) is 2. The van der Waals surface area contributed by atoms with Crippen LogP contribution in [-0.4, -0.2) is 40.7 Å². The van der Waals surface area contributed by atoms with Gasteiger partial charge in [0, 0.05) is 58.6 Å².